The molecule has 1 aliphatic heterocycles. The summed E-state index contributed by atoms with van der Waals surface area (Å²) in [6.07, 6.45) is 1.72. The van der Waals surface area contributed by atoms with Crippen LogP contribution in [0.25, 0.3) is 6.08 Å². The Morgan fingerprint density at radius 1 is 1.14 bits per heavy atom. The maximum Gasteiger partial charge on any atom is 0.264 e. The van der Waals surface area contributed by atoms with E-state index in [9.17, 15) is 9.18 Å². The molecule has 0 bridgehead atoms. The Labute approximate surface area is 135 Å². The largest absolute Gasteiger partial charge is 0.300 e. The average Bonchev–Trinajstić information content (AvgIpc) is 2.84. The highest BCUT2D eigenvalue weighted by molar-refractivity contribution is 8.18. The standard InChI is InChI=1S/C16H10ClFN2OS/c17-13-4-2-1-3-10(13)9-14-15(21)20-16(22-14)19-12-7-5-11(18)6-8-12/h1-9H,(H,19,20,21)/b14-9-. The molecule has 0 radical (unpaired) electrons. The molecule has 0 aliphatic carbocycles. The number of halogens is 2. The topological polar surface area (TPSA) is 41.5 Å². The van der Waals surface area contributed by atoms with E-state index in [1.165, 1.54) is 23.9 Å². The fraction of sp³-hybridized carbons (Fsp3) is 0. The Hall–Kier alpha value is -2.11. The highest BCUT2D eigenvalue weighted by Gasteiger charge is 2.24. The molecule has 1 fully saturated rings. The minimum absolute atomic E-state index is 0.231. The first-order valence-corrected chi connectivity index (χ1v) is 7.61. The van der Waals surface area contributed by atoms with Gasteiger partial charge in [0.05, 0.1) is 10.6 Å². The summed E-state index contributed by atoms with van der Waals surface area (Å²) in [6, 6.07) is 13.0. The molecular formula is C16H10ClFN2OS. The van der Waals surface area contributed by atoms with E-state index < -0.39 is 0 Å². The normalized spacial score (nSPS) is 18.0. The van der Waals surface area contributed by atoms with Crippen LogP contribution >= 0.6 is 23.4 Å². The van der Waals surface area contributed by atoms with Crippen molar-refractivity contribution in [2.24, 2.45) is 4.99 Å². The molecule has 0 spiro atoms. The molecule has 2 aromatic carbocycles. The van der Waals surface area contributed by atoms with Crippen LogP contribution in [0.4, 0.5) is 10.1 Å². The number of carbonyl (C=O) groups excluding carboxylic acids is 1. The van der Waals surface area contributed by atoms with Crippen LogP contribution < -0.4 is 5.32 Å². The van der Waals surface area contributed by atoms with Crippen molar-refractivity contribution in [2.75, 3.05) is 0 Å². The number of hydrogen-bond donors (Lipinski definition) is 1. The van der Waals surface area contributed by atoms with Gasteiger partial charge in [-0.25, -0.2) is 9.38 Å². The molecule has 3 nitrogen and oxygen atoms in total. The molecule has 1 N–H and O–H groups in total. The van der Waals surface area contributed by atoms with Gasteiger partial charge < -0.3 is 5.32 Å². The van der Waals surface area contributed by atoms with E-state index in [1.54, 1.807) is 24.3 Å². The van der Waals surface area contributed by atoms with Crippen LogP contribution in [0.1, 0.15) is 5.56 Å². The van der Waals surface area contributed by atoms with Gasteiger partial charge >= 0.3 is 0 Å². The van der Waals surface area contributed by atoms with Crippen LogP contribution in [0, 0.1) is 5.82 Å². The summed E-state index contributed by atoms with van der Waals surface area (Å²) >= 11 is 7.30. The second kappa shape index (κ2) is 6.34. The van der Waals surface area contributed by atoms with Crippen molar-refractivity contribution >= 4 is 46.2 Å². The summed E-state index contributed by atoms with van der Waals surface area (Å²) < 4.78 is 12.9. The Kier molecular flexibility index (Phi) is 4.27. The first-order chi connectivity index (χ1) is 10.6. The van der Waals surface area contributed by atoms with E-state index in [4.69, 9.17) is 11.6 Å². The van der Waals surface area contributed by atoms with Gasteiger partial charge in [0.1, 0.15) is 5.82 Å². The number of rotatable bonds is 2. The molecule has 110 valence electrons. The maximum absolute atomic E-state index is 12.9. The van der Waals surface area contributed by atoms with Crippen molar-refractivity contribution in [1.82, 2.24) is 5.32 Å². The smallest absolute Gasteiger partial charge is 0.264 e. The van der Waals surface area contributed by atoms with Gasteiger partial charge in [0.15, 0.2) is 5.17 Å². The van der Waals surface area contributed by atoms with E-state index >= 15 is 0 Å². The lowest BCUT2D eigenvalue weighted by Crippen LogP contribution is -2.19. The van der Waals surface area contributed by atoms with Gasteiger partial charge in [0.25, 0.3) is 5.91 Å². The minimum atomic E-state index is -0.327. The van der Waals surface area contributed by atoms with E-state index in [0.717, 1.165) is 5.56 Å². The third kappa shape index (κ3) is 3.37. The fourth-order valence-electron chi connectivity index (χ4n) is 1.85. The molecule has 2 aromatic rings. The highest BCUT2D eigenvalue weighted by Crippen LogP contribution is 2.29. The van der Waals surface area contributed by atoms with Crippen molar-refractivity contribution in [3.05, 3.63) is 69.8 Å². The zero-order chi connectivity index (χ0) is 15.5. The summed E-state index contributed by atoms with van der Waals surface area (Å²) in [5.74, 6) is -0.558. The molecule has 3 rings (SSSR count). The van der Waals surface area contributed by atoms with Crippen LogP contribution in [-0.2, 0) is 4.79 Å². The van der Waals surface area contributed by atoms with Crippen LogP contribution in [0.5, 0.6) is 0 Å². The molecule has 0 saturated carbocycles. The van der Waals surface area contributed by atoms with E-state index in [1.807, 2.05) is 18.2 Å². The number of nitrogens with one attached hydrogen (secondary N) is 1. The summed E-state index contributed by atoms with van der Waals surface area (Å²) in [4.78, 5) is 16.7. The van der Waals surface area contributed by atoms with Crippen molar-refractivity contribution in [3.63, 3.8) is 0 Å². The van der Waals surface area contributed by atoms with Gasteiger partial charge in [-0.05, 0) is 53.7 Å². The molecule has 1 amide bonds. The summed E-state index contributed by atoms with van der Waals surface area (Å²) in [5, 5.41) is 3.71. The zero-order valence-corrected chi connectivity index (χ0v) is 12.8. The Balaban J connectivity index is 1.84. The average molecular weight is 333 g/mol. The predicted molar refractivity (Wildman–Crippen MR) is 88.7 cm³/mol. The van der Waals surface area contributed by atoms with Crippen LogP contribution in [0.3, 0.4) is 0 Å². The molecule has 1 aliphatic rings. The summed E-state index contributed by atoms with van der Waals surface area (Å²) in [7, 11) is 0. The summed E-state index contributed by atoms with van der Waals surface area (Å²) in [6.45, 7) is 0. The molecule has 0 unspecified atom stereocenters. The first-order valence-electron chi connectivity index (χ1n) is 6.41. The SMILES string of the molecule is O=C1NC(=Nc2ccc(F)cc2)S/C1=C\c1ccccc1Cl. The minimum Gasteiger partial charge on any atom is -0.300 e. The summed E-state index contributed by atoms with van der Waals surface area (Å²) in [5.41, 5.74) is 1.34. The van der Waals surface area contributed by atoms with E-state index in [2.05, 4.69) is 10.3 Å². The molecule has 0 aromatic heterocycles. The van der Waals surface area contributed by atoms with Crippen molar-refractivity contribution in [2.45, 2.75) is 0 Å². The fourth-order valence-corrected chi connectivity index (χ4v) is 2.87. The van der Waals surface area contributed by atoms with Gasteiger partial charge in [-0.15, -0.1) is 0 Å². The quantitative estimate of drug-likeness (QED) is 0.830. The van der Waals surface area contributed by atoms with Gasteiger partial charge in [-0.2, -0.15) is 0 Å². The maximum atomic E-state index is 12.9. The monoisotopic (exact) mass is 332 g/mol. The number of amides is 1. The van der Waals surface area contributed by atoms with Crippen LogP contribution in [-0.4, -0.2) is 11.1 Å². The third-order valence-electron chi connectivity index (χ3n) is 2.90. The Bertz CT molecular complexity index is 787. The third-order valence-corrected chi connectivity index (χ3v) is 4.15. The number of aliphatic imine (C=N–C) groups is 1. The van der Waals surface area contributed by atoms with E-state index in [0.29, 0.717) is 20.8 Å². The molecular weight excluding hydrogens is 323 g/mol. The zero-order valence-electron chi connectivity index (χ0n) is 11.2. The molecule has 1 saturated heterocycles. The molecule has 0 atom stereocenters. The number of hydrogen-bond acceptors (Lipinski definition) is 3. The number of nitrogens with zero attached hydrogens (tertiary/aromatic N) is 1. The van der Waals surface area contributed by atoms with Crippen molar-refractivity contribution in [3.8, 4) is 0 Å². The van der Waals surface area contributed by atoms with Gasteiger partial charge in [-0.1, -0.05) is 29.8 Å². The molecule has 1 heterocycles. The Morgan fingerprint density at radius 3 is 2.59 bits per heavy atom. The Morgan fingerprint density at radius 2 is 1.86 bits per heavy atom. The molecule has 6 heteroatoms. The van der Waals surface area contributed by atoms with Crippen molar-refractivity contribution < 1.29 is 9.18 Å². The van der Waals surface area contributed by atoms with Gasteiger partial charge in [0, 0.05) is 5.02 Å². The number of amidine groups is 1. The second-order valence-electron chi connectivity index (χ2n) is 4.48. The number of thioether (sulfide) groups is 1. The number of benzene rings is 2. The lowest BCUT2D eigenvalue weighted by molar-refractivity contribution is -0.115. The second-order valence-corrected chi connectivity index (χ2v) is 5.92. The first kappa shape index (κ1) is 14.8. The lowest BCUT2D eigenvalue weighted by atomic mass is 10.2. The van der Waals surface area contributed by atoms with Gasteiger partial charge in [-0.3, -0.25) is 4.79 Å². The van der Waals surface area contributed by atoms with Gasteiger partial charge in [0.2, 0.25) is 0 Å². The highest BCUT2D eigenvalue weighted by atomic mass is 35.5. The van der Waals surface area contributed by atoms with E-state index in [-0.39, 0.29) is 11.7 Å². The number of carbonyl (C=O) groups is 1. The van der Waals surface area contributed by atoms with Crippen LogP contribution in [0.15, 0.2) is 58.4 Å². The van der Waals surface area contributed by atoms with Crippen LogP contribution in [0.2, 0.25) is 5.02 Å². The van der Waals surface area contributed by atoms with Crippen molar-refractivity contribution in [1.29, 1.82) is 0 Å². The molecule has 22 heavy (non-hydrogen) atoms. The predicted octanol–water partition coefficient (Wildman–Crippen LogP) is 4.37. The lowest BCUT2D eigenvalue weighted by Gasteiger charge is -1.97.